The fourth-order valence-electron chi connectivity index (χ4n) is 12.4. The van der Waals surface area contributed by atoms with E-state index in [2.05, 4.69) is 271 Å². The quantitative estimate of drug-likeness (QED) is 0.0526. The zero-order valence-electron chi connectivity index (χ0n) is 50.6. The number of hydrogen-bond donors (Lipinski definition) is 0. The van der Waals surface area contributed by atoms with E-state index in [1.165, 1.54) is 188 Å². The summed E-state index contributed by atoms with van der Waals surface area (Å²) in [5.41, 5.74) is 22.7. The van der Waals surface area contributed by atoms with Gasteiger partial charge >= 0.3 is 0 Å². The Kier molecular flexibility index (Phi) is 19.2. The van der Waals surface area contributed by atoms with Crippen molar-refractivity contribution in [1.82, 2.24) is 0 Å². The van der Waals surface area contributed by atoms with Gasteiger partial charge in [-0.05, 0) is 225 Å². The maximum Gasteiger partial charge on any atom is 0.0464 e. The lowest BCUT2D eigenvalue weighted by atomic mass is 9.86. The van der Waals surface area contributed by atoms with Crippen molar-refractivity contribution in [3.63, 3.8) is 0 Å². The minimum Gasteiger partial charge on any atom is -0.310 e. The predicted octanol–water partition coefficient (Wildman–Crippen LogP) is 24.6. The number of unbranched alkanes of at least 4 members (excludes halogenated alkanes) is 10. The molecule has 2 heteroatoms. The molecule has 0 saturated carbocycles. The second kappa shape index (κ2) is 27.4. The monoisotopic (exact) mass is 1080 g/mol. The molecular weight excluding hydrogens is 989 g/mol. The topological polar surface area (TPSA) is 6.48 Å². The maximum atomic E-state index is 2.45. The largest absolute Gasteiger partial charge is 0.310 e. The highest BCUT2D eigenvalue weighted by atomic mass is 15.1. The molecule has 0 fully saturated rings. The van der Waals surface area contributed by atoms with Crippen LogP contribution in [-0.4, -0.2) is 0 Å². The van der Waals surface area contributed by atoms with E-state index >= 15 is 0 Å². The predicted molar refractivity (Wildman–Crippen MR) is 359 cm³/mol. The Morgan fingerprint density at radius 1 is 0.305 bits per heavy atom. The van der Waals surface area contributed by atoms with Crippen molar-refractivity contribution < 1.29 is 0 Å². The van der Waals surface area contributed by atoms with Crippen molar-refractivity contribution >= 4 is 55.7 Å². The molecule has 0 aromatic heterocycles. The van der Waals surface area contributed by atoms with Gasteiger partial charge in [-0.1, -0.05) is 227 Å². The van der Waals surface area contributed by atoms with Crippen molar-refractivity contribution in [2.75, 3.05) is 9.80 Å². The van der Waals surface area contributed by atoms with Gasteiger partial charge in [-0.15, -0.1) is 0 Å². The molecule has 0 aliphatic rings. The summed E-state index contributed by atoms with van der Waals surface area (Å²) in [5.74, 6) is 0.885. The third-order valence-electron chi connectivity index (χ3n) is 17.2. The Morgan fingerprint density at radius 2 is 0.659 bits per heavy atom. The van der Waals surface area contributed by atoms with E-state index in [1.54, 1.807) is 0 Å². The first-order valence-electron chi connectivity index (χ1n) is 31.3. The summed E-state index contributed by atoms with van der Waals surface area (Å²) in [4.78, 5) is 4.89. The number of aryl methyl sites for hydroxylation is 4. The van der Waals surface area contributed by atoms with Crippen molar-refractivity contribution in [3.05, 3.63) is 240 Å². The summed E-state index contributed by atoms with van der Waals surface area (Å²) >= 11 is 0. The lowest BCUT2D eigenvalue weighted by Gasteiger charge is -2.27. The zero-order chi connectivity index (χ0) is 57.0. The number of fused-ring (bicyclic) bond motifs is 2. The molecule has 0 N–H and O–H groups in total. The molecule has 2 nitrogen and oxygen atoms in total. The van der Waals surface area contributed by atoms with Crippen molar-refractivity contribution in [2.45, 2.75) is 157 Å². The van der Waals surface area contributed by atoms with Crippen LogP contribution < -0.4 is 9.80 Å². The molecule has 0 atom stereocenters. The molecule has 0 spiro atoms. The van der Waals surface area contributed by atoms with Gasteiger partial charge in [0.25, 0.3) is 0 Å². The van der Waals surface area contributed by atoms with E-state index < -0.39 is 0 Å². The van der Waals surface area contributed by atoms with Gasteiger partial charge in [-0.25, -0.2) is 0 Å². The second-order valence-corrected chi connectivity index (χ2v) is 24.0. The molecular formula is C80H88N2. The fourth-order valence-corrected chi connectivity index (χ4v) is 12.4. The Balaban J connectivity index is 0.922. The highest BCUT2D eigenvalue weighted by Crippen LogP contribution is 2.43. The smallest absolute Gasteiger partial charge is 0.0464 e. The van der Waals surface area contributed by atoms with Gasteiger partial charge in [0.15, 0.2) is 0 Å². The van der Waals surface area contributed by atoms with Gasteiger partial charge in [0.2, 0.25) is 0 Å². The number of nitrogens with zero attached hydrogens (tertiary/aromatic N) is 2. The minimum absolute atomic E-state index is 0.443. The lowest BCUT2D eigenvalue weighted by molar-refractivity contribution is 0.607. The van der Waals surface area contributed by atoms with Crippen LogP contribution >= 0.6 is 0 Å². The van der Waals surface area contributed by atoms with Crippen molar-refractivity contribution in [2.24, 2.45) is 0 Å². The maximum absolute atomic E-state index is 2.45. The minimum atomic E-state index is 0.443. The summed E-state index contributed by atoms with van der Waals surface area (Å²) in [5, 5.41) is 5.06. The molecule has 82 heavy (non-hydrogen) atoms. The molecule has 0 amide bonds. The fraction of sp³-hybridized carbons (Fsp3) is 0.300. The van der Waals surface area contributed by atoms with Crippen molar-refractivity contribution in [1.29, 1.82) is 0 Å². The Morgan fingerprint density at radius 3 is 1.05 bits per heavy atom. The number of anilines is 6. The van der Waals surface area contributed by atoms with Crippen LogP contribution in [0.15, 0.2) is 206 Å². The number of rotatable bonds is 25. The highest BCUT2D eigenvalue weighted by molar-refractivity contribution is 6.09. The van der Waals surface area contributed by atoms with Crippen LogP contribution in [0.5, 0.6) is 0 Å². The third-order valence-corrected chi connectivity index (χ3v) is 17.2. The average Bonchev–Trinajstić information content (AvgIpc) is 3.58. The first-order chi connectivity index (χ1) is 40.1. The summed E-state index contributed by atoms with van der Waals surface area (Å²) < 4.78 is 0. The van der Waals surface area contributed by atoms with E-state index in [1.807, 2.05) is 0 Å². The molecule has 418 valence electrons. The first kappa shape index (κ1) is 57.6. The normalized spacial score (nSPS) is 11.6. The van der Waals surface area contributed by atoms with Crippen LogP contribution in [0.1, 0.15) is 164 Å². The second-order valence-electron chi connectivity index (χ2n) is 24.0. The summed E-state index contributed by atoms with van der Waals surface area (Å²) in [7, 11) is 0. The molecule has 0 unspecified atom stereocenters. The molecule has 0 bridgehead atoms. The SMILES string of the molecule is CCCCCCCCc1cccc(N(c2ccc(-c3ccc4c(-c5c(C)ccc6cc(-c7ccc(N(c8cccc(CCCCCCCC)c8)c8cccc(C(C)C)c8)cc7)ccc56)c(C)ccc4c3)cc2)c2cccc(C(C)C)c2)c1. The third kappa shape index (κ3) is 13.6. The molecule has 0 saturated heterocycles. The van der Waals surface area contributed by atoms with Crippen LogP contribution in [0, 0.1) is 13.8 Å². The molecule has 10 aromatic carbocycles. The molecule has 0 aliphatic carbocycles. The van der Waals surface area contributed by atoms with Crippen LogP contribution in [0.25, 0.3) is 54.9 Å². The van der Waals surface area contributed by atoms with E-state index in [9.17, 15) is 0 Å². The first-order valence-corrected chi connectivity index (χ1v) is 31.3. The van der Waals surface area contributed by atoms with Gasteiger partial charge in [-0.3, -0.25) is 0 Å². The highest BCUT2D eigenvalue weighted by Gasteiger charge is 2.19. The van der Waals surface area contributed by atoms with E-state index in [0.29, 0.717) is 11.8 Å². The van der Waals surface area contributed by atoms with E-state index in [-0.39, 0.29) is 0 Å². The van der Waals surface area contributed by atoms with Crippen LogP contribution in [0.2, 0.25) is 0 Å². The Bertz CT molecular complexity index is 3460. The average molecular weight is 1080 g/mol. The van der Waals surface area contributed by atoms with Crippen LogP contribution in [-0.2, 0) is 12.8 Å². The Hall–Kier alpha value is -7.68. The van der Waals surface area contributed by atoms with Crippen molar-refractivity contribution in [3.8, 4) is 33.4 Å². The summed E-state index contributed by atoms with van der Waals surface area (Å²) in [6.07, 6.45) is 17.9. The summed E-state index contributed by atoms with van der Waals surface area (Å²) in [6.45, 7) is 18.3. The van der Waals surface area contributed by atoms with Gasteiger partial charge in [-0.2, -0.15) is 0 Å². The van der Waals surface area contributed by atoms with Crippen LogP contribution in [0.4, 0.5) is 34.1 Å². The van der Waals surface area contributed by atoms with Crippen LogP contribution in [0.3, 0.4) is 0 Å². The van der Waals surface area contributed by atoms with Gasteiger partial charge in [0.1, 0.15) is 0 Å². The lowest BCUT2D eigenvalue weighted by Crippen LogP contribution is -2.11. The summed E-state index contributed by atoms with van der Waals surface area (Å²) in [6, 6.07) is 78.6. The van der Waals surface area contributed by atoms with E-state index in [4.69, 9.17) is 0 Å². The Labute approximate surface area is 492 Å². The molecule has 10 rings (SSSR count). The van der Waals surface area contributed by atoms with E-state index in [0.717, 1.165) is 24.2 Å². The van der Waals surface area contributed by atoms with Gasteiger partial charge in [0.05, 0.1) is 0 Å². The number of hydrogen-bond acceptors (Lipinski definition) is 2. The molecule has 0 heterocycles. The number of benzene rings is 10. The zero-order valence-corrected chi connectivity index (χ0v) is 50.6. The molecule has 0 aliphatic heterocycles. The molecule has 0 radical (unpaired) electrons. The standard InChI is InChI=1S/C80H88N2/c1-9-11-13-15-17-19-25-61-27-21-31-73(51-61)81(75-33-23-29-65(55-75)57(3)4)71-45-39-63(40-46-71)67-43-49-77-69(53-67)37-35-59(7)79(77)80-60(8)36-38-70-54-68(44-50-78(70)80)64-41-47-72(48-42-64)82(76-34-24-30-66(56-76)58(5)6)74-32-22-28-62(52-74)26-20-18-16-14-12-10-2/h21-24,27-58H,9-20,25-26H2,1-8H3. The molecule has 10 aromatic rings. The van der Waals surface area contributed by atoms with Gasteiger partial charge in [0, 0.05) is 34.1 Å². The van der Waals surface area contributed by atoms with Gasteiger partial charge < -0.3 is 9.80 Å².